The molecule has 0 atom stereocenters. The summed E-state index contributed by atoms with van der Waals surface area (Å²) >= 11 is 1.42. The van der Waals surface area contributed by atoms with Crippen LogP contribution in [0.1, 0.15) is 45.0 Å². The van der Waals surface area contributed by atoms with E-state index in [1.165, 1.54) is 11.8 Å². The van der Waals surface area contributed by atoms with E-state index in [9.17, 15) is 0 Å². The van der Waals surface area contributed by atoms with Gasteiger partial charge in [-0.1, -0.05) is 20.8 Å². The lowest BCUT2D eigenvalue weighted by molar-refractivity contribution is 0.430. The summed E-state index contributed by atoms with van der Waals surface area (Å²) in [5.74, 6) is 2.48. The molecule has 0 aliphatic rings. The minimum atomic E-state index is -0.108. The fraction of sp³-hybridized carbons (Fsp3) is 0.533. The number of aryl methyl sites for hydroxylation is 2. The van der Waals surface area contributed by atoms with Crippen LogP contribution in [0, 0.1) is 13.8 Å². The number of nitrogens with zero attached hydrogens (tertiary/aromatic N) is 3. The van der Waals surface area contributed by atoms with Gasteiger partial charge in [0.25, 0.3) is 5.22 Å². The van der Waals surface area contributed by atoms with Gasteiger partial charge in [0.1, 0.15) is 22.4 Å². The molecule has 0 spiro atoms. The van der Waals surface area contributed by atoms with Crippen LogP contribution in [0.25, 0.3) is 0 Å². The van der Waals surface area contributed by atoms with Crippen molar-refractivity contribution in [2.45, 2.75) is 57.2 Å². The van der Waals surface area contributed by atoms with Gasteiger partial charge in [0.2, 0.25) is 0 Å². The highest BCUT2D eigenvalue weighted by molar-refractivity contribution is 7.99. The lowest BCUT2D eigenvalue weighted by atomic mass is 9.96. The Morgan fingerprint density at radius 1 is 1.19 bits per heavy atom. The summed E-state index contributed by atoms with van der Waals surface area (Å²) < 4.78 is 5.61. The van der Waals surface area contributed by atoms with E-state index in [4.69, 9.17) is 4.42 Å². The molecule has 0 aliphatic carbocycles. The third-order valence-corrected chi connectivity index (χ3v) is 3.70. The molecule has 0 aromatic carbocycles. The molecule has 2 rings (SSSR count). The Balaban J connectivity index is 2.35. The van der Waals surface area contributed by atoms with Gasteiger partial charge in [0.15, 0.2) is 0 Å². The smallest absolute Gasteiger partial charge is 0.262 e. The molecule has 2 aromatic heterocycles. The van der Waals surface area contributed by atoms with E-state index in [1.807, 2.05) is 26.8 Å². The highest BCUT2D eigenvalue weighted by Gasteiger charge is 2.20. The Labute approximate surface area is 130 Å². The zero-order valence-corrected chi connectivity index (χ0v) is 14.3. The van der Waals surface area contributed by atoms with Crippen LogP contribution in [0.5, 0.6) is 0 Å². The molecule has 5 nitrogen and oxygen atoms in total. The van der Waals surface area contributed by atoms with Crippen molar-refractivity contribution >= 4 is 17.6 Å². The molecule has 0 aliphatic heterocycles. The fourth-order valence-electron chi connectivity index (χ4n) is 1.66. The molecule has 2 heterocycles. The molecule has 0 radical (unpaired) electrons. The van der Waals surface area contributed by atoms with Crippen molar-refractivity contribution in [3.05, 3.63) is 23.3 Å². The van der Waals surface area contributed by atoms with Gasteiger partial charge in [0.05, 0.1) is 5.69 Å². The SMILES string of the molecule is CCNc1cc(Sc2nc(C)c(C)o2)nc(C(C)(C)C)n1. The zero-order valence-electron chi connectivity index (χ0n) is 13.4. The van der Waals surface area contributed by atoms with Gasteiger partial charge in [-0.05, 0) is 32.5 Å². The molecule has 0 unspecified atom stereocenters. The number of hydrogen-bond acceptors (Lipinski definition) is 6. The molecule has 6 heteroatoms. The van der Waals surface area contributed by atoms with Crippen LogP contribution in [0.4, 0.5) is 5.82 Å². The standard InChI is InChI=1S/C15H22N4OS/c1-7-16-11-8-12(19-13(18-11)15(4,5)6)21-14-17-9(2)10(3)20-14/h8H,7H2,1-6H3,(H,16,18,19). The Hall–Kier alpha value is -1.56. The lowest BCUT2D eigenvalue weighted by Crippen LogP contribution is -2.17. The van der Waals surface area contributed by atoms with Gasteiger partial charge in [-0.25, -0.2) is 15.0 Å². The van der Waals surface area contributed by atoms with E-state index in [1.54, 1.807) is 0 Å². The second-order valence-electron chi connectivity index (χ2n) is 5.92. The van der Waals surface area contributed by atoms with Crippen molar-refractivity contribution in [1.29, 1.82) is 0 Å². The lowest BCUT2D eigenvalue weighted by Gasteiger charge is -2.18. The monoisotopic (exact) mass is 306 g/mol. The molecule has 1 N–H and O–H groups in total. The summed E-state index contributed by atoms with van der Waals surface area (Å²) in [6, 6.07) is 1.93. The van der Waals surface area contributed by atoms with Crippen LogP contribution in [0.2, 0.25) is 0 Å². The number of nitrogens with one attached hydrogen (secondary N) is 1. The van der Waals surface area contributed by atoms with Crippen molar-refractivity contribution in [3.63, 3.8) is 0 Å². The number of oxazole rings is 1. The maximum Gasteiger partial charge on any atom is 0.262 e. The third-order valence-electron chi connectivity index (χ3n) is 2.93. The van der Waals surface area contributed by atoms with E-state index in [0.29, 0.717) is 5.22 Å². The number of aromatic nitrogens is 3. The summed E-state index contributed by atoms with van der Waals surface area (Å²) in [6.07, 6.45) is 0. The molecule has 0 bridgehead atoms. The zero-order chi connectivity index (χ0) is 15.6. The van der Waals surface area contributed by atoms with Crippen LogP contribution >= 0.6 is 11.8 Å². The van der Waals surface area contributed by atoms with E-state index >= 15 is 0 Å². The second kappa shape index (κ2) is 6.05. The van der Waals surface area contributed by atoms with Gasteiger partial charge in [0, 0.05) is 18.0 Å². The summed E-state index contributed by atoms with van der Waals surface area (Å²) in [5, 5.41) is 4.70. The van der Waals surface area contributed by atoms with Crippen LogP contribution in [0.3, 0.4) is 0 Å². The maximum absolute atomic E-state index is 5.61. The molecule has 2 aromatic rings. The molecule has 114 valence electrons. The number of hydrogen-bond donors (Lipinski definition) is 1. The minimum Gasteiger partial charge on any atom is -0.436 e. The summed E-state index contributed by atoms with van der Waals surface area (Å²) in [4.78, 5) is 13.6. The van der Waals surface area contributed by atoms with Crippen molar-refractivity contribution < 1.29 is 4.42 Å². The highest BCUT2D eigenvalue weighted by atomic mass is 32.2. The van der Waals surface area contributed by atoms with Gasteiger partial charge >= 0.3 is 0 Å². The Kier molecular flexibility index (Phi) is 4.56. The molecule has 0 saturated carbocycles. The molecule has 21 heavy (non-hydrogen) atoms. The first-order valence-electron chi connectivity index (χ1n) is 7.05. The van der Waals surface area contributed by atoms with Crippen LogP contribution < -0.4 is 5.32 Å². The predicted molar refractivity (Wildman–Crippen MR) is 85.0 cm³/mol. The predicted octanol–water partition coefficient (Wildman–Crippen LogP) is 3.96. The fourth-order valence-corrected chi connectivity index (χ4v) is 2.49. The van der Waals surface area contributed by atoms with E-state index < -0.39 is 0 Å². The van der Waals surface area contributed by atoms with E-state index in [2.05, 4.69) is 41.0 Å². The highest BCUT2D eigenvalue weighted by Crippen LogP contribution is 2.30. The van der Waals surface area contributed by atoms with Gasteiger partial charge < -0.3 is 9.73 Å². The van der Waals surface area contributed by atoms with E-state index in [0.717, 1.165) is 34.7 Å². The van der Waals surface area contributed by atoms with Crippen molar-refractivity contribution in [2.75, 3.05) is 11.9 Å². The van der Waals surface area contributed by atoms with Gasteiger partial charge in [-0.3, -0.25) is 0 Å². The first-order chi connectivity index (χ1) is 9.79. The van der Waals surface area contributed by atoms with Crippen LogP contribution in [-0.4, -0.2) is 21.5 Å². The van der Waals surface area contributed by atoms with Crippen molar-refractivity contribution in [1.82, 2.24) is 15.0 Å². The molecular formula is C15H22N4OS. The average molecular weight is 306 g/mol. The van der Waals surface area contributed by atoms with Crippen molar-refractivity contribution in [3.8, 4) is 0 Å². The largest absolute Gasteiger partial charge is 0.436 e. The summed E-state index contributed by atoms with van der Waals surface area (Å²) in [6.45, 7) is 13.0. The molecule has 0 saturated heterocycles. The van der Waals surface area contributed by atoms with Crippen LogP contribution in [0.15, 0.2) is 20.7 Å². The maximum atomic E-state index is 5.61. The van der Waals surface area contributed by atoms with Crippen molar-refractivity contribution in [2.24, 2.45) is 0 Å². The Morgan fingerprint density at radius 3 is 2.43 bits per heavy atom. The topological polar surface area (TPSA) is 63.8 Å². The average Bonchev–Trinajstić information content (AvgIpc) is 2.67. The first kappa shape index (κ1) is 15.8. The summed E-state index contributed by atoms with van der Waals surface area (Å²) in [5.41, 5.74) is 0.804. The Morgan fingerprint density at radius 2 is 1.90 bits per heavy atom. The second-order valence-corrected chi connectivity index (χ2v) is 6.89. The van der Waals surface area contributed by atoms with E-state index in [-0.39, 0.29) is 5.41 Å². The quantitative estimate of drug-likeness (QED) is 0.863. The normalized spacial score (nSPS) is 11.7. The number of rotatable bonds is 4. The van der Waals surface area contributed by atoms with Crippen LogP contribution in [-0.2, 0) is 5.41 Å². The van der Waals surface area contributed by atoms with Gasteiger partial charge in [-0.2, -0.15) is 0 Å². The third kappa shape index (κ3) is 3.97. The number of anilines is 1. The Bertz CT molecular complexity index is 612. The van der Waals surface area contributed by atoms with Gasteiger partial charge in [-0.15, -0.1) is 0 Å². The first-order valence-corrected chi connectivity index (χ1v) is 7.86. The minimum absolute atomic E-state index is 0.108. The molecule has 0 amide bonds. The molecule has 0 fully saturated rings. The summed E-state index contributed by atoms with van der Waals surface area (Å²) in [7, 11) is 0. The molecular weight excluding hydrogens is 284 g/mol.